The number of ether oxygens (including phenoxy) is 1. The van der Waals surface area contributed by atoms with Gasteiger partial charge in [0.2, 0.25) is 0 Å². The smallest absolute Gasteiger partial charge is 0.120 e. The Morgan fingerprint density at radius 2 is 2.11 bits per heavy atom. The molecule has 18 heavy (non-hydrogen) atoms. The van der Waals surface area contributed by atoms with E-state index in [-0.39, 0.29) is 0 Å². The Hall–Kier alpha value is -1.26. The molecule has 0 unspecified atom stereocenters. The first kappa shape index (κ1) is 13.2. The molecule has 0 spiro atoms. The van der Waals surface area contributed by atoms with Gasteiger partial charge in [0.05, 0.1) is 6.61 Å². The van der Waals surface area contributed by atoms with Crippen molar-refractivity contribution < 1.29 is 9.84 Å². The molecule has 0 amide bonds. The third-order valence-electron chi connectivity index (χ3n) is 3.13. The first-order chi connectivity index (χ1) is 8.79. The van der Waals surface area contributed by atoms with Crippen LogP contribution in [0.1, 0.15) is 18.9 Å². The molecule has 1 aromatic carbocycles. The largest absolute Gasteiger partial charge is 0.508 e. The zero-order valence-electron chi connectivity index (χ0n) is 11.0. The van der Waals surface area contributed by atoms with Crippen LogP contribution in [0.4, 0.5) is 0 Å². The predicted octanol–water partition coefficient (Wildman–Crippen LogP) is 1.59. The summed E-state index contributed by atoms with van der Waals surface area (Å²) in [5.41, 5.74) is 0.950. The van der Waals surface area contributed by atoms with Crippen LogP contribution in [-0.4, -0.2) is 42.8 Å². The maximum atomic E-state index is 9.89. The predicted molar refractivity (Wildman–Crippen MR) is 72.0 cm³/mol. The van der Waals surface area contributed by atoms with Crippen molar-refractivity contribution in [3.63, 3.8) is 0 Å². The molecular formula is C14H22N2O2. The second-order valence-corrected chi connectivity index (χ2v) is 4.67. The number of hydrogen-bond acceptors (Lipinski definition) is 4. The van der Waals surface area contributed by atoms with Gasteiger partial charge in [-0.15, -0.1) is 0 Å². The number of benzene rings is 1. The number of rotatable bonds is 5. The molecule has 1 aliphatic heterocycles. The highest BCUT2D eigenvalue weighted by Crippen LogP contribution is 2.24. The van der Waals surface area contributed by atoms with Gasteiger partial charge in [-0.05, 0) is 24.6 Å². The molecule has 1 saturated heterocycles. The van der Waals surface area contributed by atoms with Gasteiger partial charge in [0.25, 0.3) is 0 Å². The molecular weight excluding hydrogens is 228 g/mol. The number of phenolic OH excluding ortho intramolecular Hbond substituents is 1. The molecule has 1 aromatic rings. The Kier molecular flexibility index (Phi) is 4.84. The summed E-state index contributed by atoms with van der Waals surface area (Å²) in [7, 11) is 0. The van der Waals surface area contributed by atoms with Gasteiger partial charge in [0, 0.05) is 38.3 Å². The molecule has 0 atom stereocenters. The van der Waals surface area contributed by atoms with Gasteiger partial charge in [-0.1, -0.05) is 6.92 Å². The fourth-order valence-electron chi connectivity index (χ4n) is 2.11. The molecule has 0 bridgehead atoms. The van der Waals surface area contributed by atoms with Gasteiger partial charge in [-0.2, -0.15) is 0 Å². The van der Waals surface area contributed by atoms with Crippen LogP contribution in [0.2, 0.25) is 0 Å². The lowest BCUT2D eigenvalue weighted by atomic mass is 10.1. The van der Waals surface area contributed by atoms with Gasteiger partial charge in [-0.3, -0.25) is 4.90 Å². The van der Waals surface area contributed by atoms with Crippen LogP contribution in [0.5, 0.6) is 11.5 Å². The van der Waals surface area contributed by atoms with Crippen molar-refractivity contribution in [2.24, 2.45) is 0 Å². The number of nitrogens with zero attached hydrogens (tertiary/aromatic N) is 1. The van der Waals surface area contributed by atoms with Gasteiger partial charge >= 0.3 is 0 Å². The summed E-state index contributed by atoms with van der Waals surface area (Å²) in [6.45, 7) is 7.69. The third kappa shape index (κ3) is 3.62. The summed E-state index contributed by atoms with van der Waals surface area (Å²) >= 11 is 0. The lowest BCUT2D eigenvalue weighted by Gasteiger charge is -2.27. The molecule has 0 saturated carbocycles. The van der Waals surface area contributed by atoms with Crippen molar-refractivity contribution in [1.82, 2.24) is 10.2 Å². The molecule has 2 rings (SSSR count). The Bertz CT molecular complexity index is 376. The first-order valence-corrected chi connectivity index (χ1v) is 6.67. The fourth-order valence-corrected chi connectivity index (χ4v) is 2.11. The van der Waals surface area contributed by atoms with Crippen LogP contribution in [0.25, 0.3) is 0 Å². The summed E-state index contributed by atoms with van der Waals surface area (Å²) in [4.78, 5) is 2.34. The van der Waals surface area contributed by atoms with E-state index in [2.05, 4.69) is 17.1 Å². The van der Waals surface area contributed by atoms with Gasteiger partial charge < -0.3 is 15.2 Å². The summed E-state index contributed by atoms with van der Waals surface area (Å²) in [6, 6.07) is 5.50. The SMILES string of the molecule is CCCOc1ccc(O)c(CN2CCNCC2)c1. The molecule has 1 aliphatic rings. The van der Waals surface area contributed by atoms with E-state index in [0.29, 0.717) is 5.75 Å². The monoisotopic (exact) mass is 250 g/mol. The van der Waals surface area contributed by atoms with E-state index in [9.17, 15) is 5.11 Å². The highest BCUT2D eigenvalue weighted by molar-refractivity contribution is 5.39. The summed E-state index contributed by atoms with van der Waals surface area (Å²) in [5.74, 6) is 1.21. The minimum atomic E-state index is 0.359. The van der Waals surface area contributed by atoms with Gasteiger partial charge in [-0.25, -0.2) is 0 Å². The number of piperazine rings is 1. The van der Waals surface area contributed by atoms with Crippen molar-refractivity contribution in [3.8, 4) is 11.5 Å². The molecule has 4 nitrogen and oxygen atoms in total. The number of phenols is 1. The van der Waals surface area contributed by atoms with Crippen LogP contribution >= 0.6 is 0 Å². The average molecular weight is 250 g/mol. The van der Waals surface area contributed by atoms with Crippen molar-refractivity contribution in [2.75, 3.05) is 32.8 Å². The highest BCUT2D eigenvalue weighted by Gasteiger charge is 2.12. The topological polar surface area (TPSA) is 44.7 Å². The molecule has 0 aromatic heterocycles. The minimum Gasteiger partial charge on any atom is -0.508 e. The fraction of sp³-hybridized carbons (Fsp3) is 0.571. The maximum Gasteiger partial charge on any atom is 0.120 e. The second-order valence-electron chi connectivity index (χ2n) is 4.67. The summed E-state index contributed by atoms with van der Waals surface area (Å²) < 4.78 is 5.60. The van der Waals surface area contributed by atoms with E-state index in [1.54, 1.807) is 6.07 Å². The molecule has 1 heterocycles. The van der Waals surface area contributed by atoms with E-state index in [1.165, 1.54) is 0 Å². The van der Waals surface area contributed by atoms with E-state index < -0.39 is 0 Å². The zero-order valence-corrected chi connectivity index (χ0v) is 11.0. The van der Waals surface area contributed by atoms with Crippen LogP contribution in [-0.2, 0) is 6.54 Å². The van der Waals surface area contributed by atoms with Crippen LogP contribution in [0.3, 0.4) is 0 Å². The highest BCUT2D eigenvalue weighted by atomic mass is 16.5. The Balaban J connectivity index is 2.00. The van der Waals surface area contributed by atoms with Crippen molar-refractivity contribution in [3.05, 3.63) is 23.8 Å². The molecule has 1 fully saturated rings. The summed E-state index contributed by atoms with van der Waals surface area (Å²) in [5, 5.41) is 13.2. The first-order valence-electron chi connectivity index (χ1n) is 6.67. The Morgan fingerprint density at radius 3 is 2.83 bits per heavy atom. The molecule has 2 N–H and O–H groups in total. The van der Waals surface area contributed by atoms with Crippen LogP contribution in [0.15, 0.2) is 18.2 Å². The zero-order chi connectivity index (χ0) is 12.8. The van der Waals surface area contributed by atoms with E-state index in [0.717, 1.165) is 57.1 Å². The van der Waals surface area contributed by atoms with E-state index in [4.69, 9.17) is 4.74 Å². The quantitative estimate of drug-likeness (QED) is 0.833. The van der Waals surface area contributed by atoms with Crippen molar-refractivity contribution >= 4 is 0 Å². The maximum absolute atomic E-state index is 9.89. The standard InChI is InChI=1S/C14H22N2O2/c1-2-9-18-13-3-4-14(17)12(10-13)11-16-7-5-15-6-8-16/h3-4,10,15,17H,2,5-9,11H2,1H3. The van der Waals surface area contributed by atoms with Crippen LogP contribution < -0.4 is 10.1 Å². The van der Waals surface area contributed by atoms with Gasteiger partial charge in [0.15, 0.2) is 0 Å². The Morgan fingerprint density at radius 1 is 1.33 bits per heavy atom. The molecule has 100 valence electrons. The second kappa shape index (κ2) is 6.61. The number of nitrogens with one attached hydrogen (secondary N) is 1. The minimum absolute atomic E-state index is 0.359. The molecule has 0 radical (unpaired) electrons. The summed E-state index contributed by atoms with van der Waals surface area (Å²) in [6.07, 6.45) is 0.994. The van der Waals surface area contributed by atoms with Gasteiger partial charge in [0.1, 0.15) is 11.5 Å². The normalized spacial score (nSPS) is 16.7. The average Bonchev–Trinajstić information content (AvgIpc) is 2.41. The van der Waals surface area contributed by atoms with Crippen molar-refractivity contribution in [2.45, 2.75) is 19.9 Å². The molecule has 4 heteroatoms. The lowest BCUT2D eigenvalue weighted by Crippen LogP contribution is -2.42. The molecule has 0 aliphatic carbocycles. The van der Waals surface area contributed by atoms with Crippen molar-refractivity contribution in [1.29, 1.82) is 0 Å². The van der Waals surface area contributed by atoms with E-state index in [1.807, 2.05) is 12.1 Å². The van der Waals surface area contributed by atoms with E-state index >= 15 is 0 Å². The van der Waals surface area contributed by atoms with Crippen LogP contribution in [0, 0.1) is 0 Å². The number of hydrogen-bond donors (Lipinski definition) is 2. The third-order valence-corrected chi connectivity index (χ3v) is 3.13. The lowest BCUT2D eigenvalue weighted by molar-refractivity contribution is 0.230. The number of aromatic hydroxyl groups is 1. The Labute approximate surface area is 109 Å².